The Labute approximate surface area is 172 Å². The highest BCUT2D eigenvalue weighted by atomic mass is 16.5. The van der Waals surface area contributed by atoms with Crippen LogP contribution in [-0.2, 0) is 10.2 Å². The van der Waals surface area contributed by atoms with Gasteiger partial charge >= 0.3 is 0 Å². The summed E-state index contributed by atoms with van der Waals surface area (Å²) >= 11 is 0. The van der Waals surface area contributed by atoms with Crippen molar-refractivity contribution >= 4 is 17.5 Å². The molecule has 2 aromatic rings. The Hall–Kier alpha value is -3.02. The van der Waals surface area contributed by atoms with Gasteiger partial charge in [-0.2, -0.15) is 0 Å². The molecular formula is C23H29N3O3. The Morgan fingerprint density at radius 3 is 2.28 bits per heavy atom. The molecule has 2 aromatic carbocycles. The molecular weight excluding hydrogens is 366 g/mol. The van der Waals surface area contributed by atoms with Crippen LogP contribution in [0, 0.1) is 0 Å². The molecule has 1 saturated carbocycles. The predicted molar refractivity (Wildman–Crippen MR) is 114 cm³/mol. The van der Waals surface area contributed by atoms with E-state index in [0.717, 1.165) is 49.1 Å². The number of hydrogen-bond donors (Lipinski definition) is 2. The molecule has 0 saturated heterocycles. The van der Waals surface area contributed by atoms with E-state index in [2.05, 4.69) is 10.9 Å². The minimum Gasteiger partial charge on any atom is -0.497 e. The summed E-state index contributed by atoms with van der Waals surface area (Å²) in [4.78, 5) is 27.7. The molecule has 1 aliphatic rings. The van der Waals surface area contributed by atoms with Gasteiger partial charge in [-0.1, -0.05) is 37.5 Å². The molecule has 6 heteroatoms. The van der Waals surface area contributed by atoms with Crippen LogP contribution in [0.25, 0.3) is 0 Å². The number of anilines is 1. The van der Waals surface area contributed by atoms with Crippen molar-refractivity contribution in [3.05, 3.63) is 59.7 Å². The Bertz CT molecular complexity index is 856. The Balaban J connectivity index is 1.75. The zero-order valence-electron chi connectivity index (χ0n) is 17.3. The average molecular weight is 396 g/mol. The van der Waals surface area contributed by atoms with Crippen molar-refractivity contribution in [2.45, 2.75) is 37.5 Å². The highest BCUT2D eigenvalue weighted by Crippen LogP contribution is 2.40. The number of nitrogens with zero attached hydrogens (tertiary/aromatic N) is 1. The van der Waals surface area contributed by atoms with Crippen molar-refractivity contribution in [3.63, 3.8) is 0 Å². The highest BCUT2D eigenvalue weighted by molar-refractivity contribution is 5.97. The fraction of sp³-hybridized carbons (Fsp3) is 0.391. The van der Waals surface area contributed by atoms with E-state index in [4.69, 9.17) is 4.74 Å². The maximum Gasteiger partial charge on any atom is 0.269 e. The van der Waals surface area contributed by atoms with Crippen molar-refractivity contribution in [2.24, 2.45) is 0 Å². The van der Waals surface area contributed by atoms with E-state index in [1.54, 1.807) is 19.2 Å². The van der Waals surface area contributed by atoms with Gasteiger partial charge in [0.15, 0.2) is 0 Å². The van der Waals surface area contributed by atoms with Crippen molar-refractivity contribution in [2.75, 3.05) is 26.1 Å². The molecule has 0 aromatic heterocycles. The third kappa shape index (κ3) is 4.53. The van der Waals surface area contributed by atoms with Crippen LogP contribution in [0.5, 0.6) is 5.75 Å². The van der Waals surface area contributed by atoms with Crippen LogP contribution in [-0.4, -0.2) is 33.0 Å². The van der Waals surface area contributed by atoms with E-state index in [-0.39, 0.29) is 11.8 Å². The molecule has 6 nitrogen and oxygen atoms in total. The second kappa shape index (κ2) is 8.99. The molecule has 0 spiro atoms. The summed E-state index contributed by atoms with van der Waals surface area (Å²) in [6.45, 7) is 0. The zero-order valence-corrected chi connectivity index (χ0v) is 17.3. The van der Waals surface area contributed by atoms with Gasteiger partial charge in [0.05, 0.1) is 12.5 Å². The summed E-state index contributed by atoms with van der Waals surface area (Å²) in [7, 11) is 5.46. The number of benzene rings is 2. The van der Waals surface area contributed by atoms with Gasteiger partial charge in [-0.3, -0.25) is 20.4 Å². The van der Waals surface area contributed by atoms with Gasteiger partial charge in [-0.15, -0.1) is 0 Å². The molecule has 3 rings (SSSR count). The SMILES string of the molecule is COc1ccc(C2(C(=O)NNC(=O)c3cccc(N(C)C)c3)CCCCC2)cc1. The topological polar surface area (TPSA) is 70.7 Å². The molecule has 154 valence electrons. The van der Waals surface area contributed by atoms with Gasteiger partial charge in [0.1, 0.15) is 5.75 Å². The minimum atomic E-state index is -0.636. The summed E-state index contributed by atoms with van der Waals surface area (Å²) in [5, 5.41) is 0. The number of ether oxygens (including phenoxy) is 1. The quantitative estimate of drug-likeness (QED) is 0.761. The smallest absolute Gasteiger partial charge is 0.269 e. The first-order valence-electron chi connectivity index (χ1n) is 9.99. The van der Waals surface area contributed by atoms with Crippen molar-refractivity contribution in [1.29, 1.82) is 0 Å². The second-order valence-corrected chi connectivity index (χ2v) is 7.72. The van der Waals surface area contributed by atoms with Crippen molar-refractivity contribution in [1.82, 2.24) is 10.9 Å². The lowest BCUT2D eigenvalue weighted by atomic mass is 9.69. The third-order valence-electron chi connectivity index (χ3n) is 5.70. The molecule has 0 aliphatic heterocycles. The van der Waals surface area contributed by atoms with Crippen LogP contribution in [0.3, 0.4) is 0 Å². The average Bonchev–Trinajstić information content (AvgIpc) is 2.77. The summed E-state index contributed by atoms with van der Waals surface area (Å²) < 4.78 is 5.24. The van der Waals surface area contributed by atoms with E-state index in [1.807, 2.05) is 55.4 Å². The van der Waals surface area contributed by atoms with Gasteiger partial charge in [0.25, 0.3) is 5.91 Å². The van der Waals surface area contributed by atoms with Gasteiger partial charge in [0, 0.05) is 25.3 Å². The maximum absolute atomic E-state index is 13.2. The van der Waals surface area contributed by atoms with E-state index in [9.17, 15) is 9.59 Å². The summed E-state index contributed by atoms with van der Waals surface area (Å²) in [5.41, 5.74) is 7.02. The molecule has 1 fully saturated rings. The fourth-order valence-corrected chi connectivity index (χ4v) is 3.94. The number of nitrogens with one attached hydrogen (secondary N) is 2. The number of hydrogen-bond acceptors (Lipinski definition) is 4. The lowest BCUT2D eigenvalue weighted by Crippen LogP contribution is -2.52. The van der Waals surface area contributed by atoms with Crippen molar-refractivity contribution < 1.29 is 14.3 Å². The molecule has 0 atom stereocenters. The van der Waals surface area contributed by atoms with E-state index >= 15 is 0 Å². The summed E-state index contributed by atoms with van der Waals surface area (Å²) in [6.07, 6.45) is 4.61. The maximum atomic E-state index is 13.2. The van der Waals surface area contributed by atoms with Crippen LogP contribution in [0.2, 0.25) is 0 Å². The Morgan fingerprint density at radius 2 is 1.66 bits per heavy atom. The first-order chi connectivity index (χ1) is 14.0. The van der Waals surface area contributed by atoms with Gasteiger partial charge in [-0.25, -0.2) is 0 Å². The number of amides is 2. The molecule has 29 heavy (non-hydrogen) atoms. The lowest BCUT2D eigenvalue weighted by Gasteiger charge is -2.36. The summed E-state index contributed by atoms with van der Waals surface area (Å²) in [6, 6.07) is 14.9. The molecule has 0 heterocycles. The highest BCUT2D eigenvalue weighted by Gasteiger charge is 2.41. The molecule has 0 bridgehead atoms. The largest absolute Gasteiger partial charge is 0.497 e. The van der Waals surface area contributed by atoms with E-state index in [1.165, 1.54) is 0 Å². The van der Waals surface area contributed by atoms with Crippen LogP contribution in [0.1, 0.15) is 48.0 Å². The van der Waals surface area contributed by atoms with Crippen LogP contribution in [0.15, 0.2) is 48.5 Å². The van der Waals surface area contributed by atoms with Gasteiger partial charge in [0.2, 0.25) is 5.91 Å². The van der Waals surface area contributed by atoms with Crippen LogP contribution >= 0.6 is 0 Å². The summed E-state index contributed by atoms with van der Waals surface area (Å²) in [5.74, 6) is 0.261. The second-order valence-electron chi connectivity index (χ2n) is 7.72. The molecule has 0 radical (unpaired) electrons. The minimum absolute atomic E-state index is 0.167. The molecule has 2 amide bonds. The molecule has 2 N–H and O–H groups in total. The Kier molecular flexibility index (Phi) is 6.42. The monoisotopic (exact) mass is 395 g/mol. The number of carbonyl (C=O) groups is 2. The van der Waals surface area contributed by atoms with Crippen molar-refractivity contribution in [3.8, 4) is 5.75 Å². The number of hydrazine groups is 1. The van der Waals surface area contributed by atoms with E-state index < -0.39 is 5.41 Å². The number of rotatable bonds is 5. The van der Waals surface area contributed by atoms with Gasteiger partial charge < -0.3 is 9.64 Å². The zero-order chi connectivity index (χ0) is 20.9. The lowest BCUT2D eigenvalue weighted by molar-refractivity contribution is -0.128. The first-order valence-corrected chi connectivity index (χ1v) is 9.99. The van der Waals surface area contributed by atoms with E-state index in [0.29, 0.717) is 5.56 Å². The third-order valence-corrected chi connectivity index (χ3v) is 5.70. The molecule has 1 aliphatic carbocycles. The molecule has 0 unspecified atom stereocenters. The van der Waals surface area contributed by atoms with Gasteiger partial charge in [-0.05, 0) is 48.7 Å². The number of carbonyl (C=O) groups excluding carboxylic acids is 2. The first kappa shape index (κ1) is 20.7. The fourth-order valence-electron chi connectivity index (χ4n) is 3.94. The number of methoxy groups -OCH3 is 1. The normalized spacial score (nSPS) is 15.3. The van der Waals surface area contributed by atoms with Crippen LogP contribution in [0.4, 0.5) is 5.69 Å². The predicted octanol–water partition coefficient (Wildman–Crippen LogP) is 3.42. The standard InChI is InChI=1S/C23H29N3O3/c1-26(2)19-9-7-8-17(16-19)21(27)24-25-22(28)23(14-5-4-6-15-23)18-10-12-20(29-3)13-11-18/h7-13,16H,4-6,14-15H2,1-3H3,(H,24,27)(H,25,28). The Morgan fingerprint density at radius 1 is 0.966 bits per heavy atom. The van der Waals surface area contributed by atoms with Crippen LogP contribution < -0.4 is 20.5 Å².